The van der Waals surface area contributed by atoms with Crippen LogP contribution in [0, 0.1) is 12.8 Å². The quantitative estimate of drug-likeness (QED) is 0.790. The summed E-state index contributed by atoms with van der Waals surface area (Å²) >= 11 is 6.15. The van der Waals surface area contributed by atoms with Crippen molar-refractivity contribution in [3.63, 3.8) is 0 Å². The predicted molar refractivity (Wildman–Crippen MR) is 60.6 cm³/mol. The molecule has 1 saturated heterocycles. The van der Waals surface area contributed by atoms with Crippen molar-refractivity contribution >= 4 is 17.4 Å². The molecule has 1 unspecified atom stereocenters. The SMILES string of the molecule is Cc1nn(C)c(CC2COCCC2=O)c1Cl. The molecular weight excluding hydrogens is 228 g/mol. The molecule has 16 heavy (non-hydrogen) atoms. The number of halogens is 1. The molecule has 0 amide bonds. The minimum atomic E-state index is -0.0685. The number of carbonyl (C=O) groups excluding carboxylic acids is 1. The van der Waals surface area contributed by atoms with Gasteiger partial charge in [-0.15, -0.1) is 0 Å². The van der Waals surface area contributed by atoms with Gasteiger partial charge in [0.05, 0.1) is 29.6 Å². The molecule has 0 spiro atoms. The lowest BCUT2D eigenvalue weighted by molar-refractivity contribution is -0.130. The minimum Gasteiger partial charge on any atom is -0.380 e. The molecule has 0 radical (unpaired) electrons. The van der Waals surface area contributed by atoms with Crippen LogP contribution in [0.3, 0.4) is 0 Å². The van der Waals surface area contributed by atoms with Crippen molar-refractivity contribution in [2.75, 3.05) is 13.2 Å². The smallest absolute Gasteiger partial charge is 0.140 e. The molecule has 1 aromatic heterocycles. The van der Waals surface area contributed by atoms with Gasteiger partial charge in [0, 0.05) is 25.8 Å². The first-order valence-corrected chi connectivity index (χ1v) is 5.76. The fourth-order valence-corrected chi connectivity index (χ4v) is 2.24. The number of hydrogen-bond acceptors (Lipinski definition) is 3. The number of ether oxygens (including phenoxy) is 1. The highest BCUT2D eigenvalue weighted by atomic mass is 35.5. The Morgan fingerprint density at radius 2 is 2.38 bits per heavy atom. The second-order valence-corrected chi connectivity index (χ2v) is 4.54. The zero-order chi connectivity index (χ0) is 11.7. The molecule has 1 fully saturated rings. The van der Waals surface area contributed by atoms with E-state index >= 15 is 0 Å². The summed E-state index contributed by atoms with van der Waals surface area (Å²) in [6.07, 6.45) is 1.13. The lowest BCUT2D eigenvalue weighted by Crippen LogP contribution is -2.29. The van der Waals surface area contributed by atoms with Gasteiger partial charge in [0.15, 0.2) is 0 Å². The largest absolute Gasteiger partial charge is 0.380 e. The first-order valence-electron chi connectivity index (χ1n) is 5.38. The highest BCUT2D eigenvalue weighted by Gasteiger charge is 2.25. The third-order valence-electron chi connectivity index (χ3n) is 2.97. The Labute approximate surface area is 99.5 Å². The molecule has 2 rings (SSSR count). The Morgan fingerprint density at radius 3 is 2.94 bits per heavy atom. The number of rotatable bonds is 2. The maximum Gasteiger partial charge on any atom is 0.140 e. The standard InChI is InChI=1S/C11H15ClN2O2/c1-7-11(12)9(14(2)13-7)5-8-6-16-4-3-10(8)15/h8H,3-6H2,1-2H3. The van der Waals surface area contributed by atoms with Gasteiger partial charge in [-0.25, -0.2) is 0 Å². The van der Waals surface area contributed by atoms with Crippen molar-refractivity contribution in [1.82, 2.24) is 9.78 Å². The normalized spacial score (nSPS) is 21.4. The van der Waals surface area contributed by atoms with Gasteiger partial charge in [0.2, 0.25) is 0 Å². The predicted octanol–water partition coefficient (Wildman–Crippen LogP) is 1.53. The summed E-state index contributed by atoms with van der Waals surface area (Å²) in [6.45, 7) is 2.91. The number of Topliss-reactive ketones (excluding diaryl/α,β-unsaturated/α-hetero) is 1. The maximum atomic E-state index is 11.7. The van der Waals surface area contributed by atoms with Crippen molar-refractivity contribution in [3.05, 3.63) is 16.4 Å². The van der Waals surface area contributed by atoms with Gasteiger partial charge in [-0.1, -0.05) is 11.6 Å². The first-order chi connectivity index (χ1) is 7.59. The number of aromatic nitrogens is 2. The minimum absolute atomic E-state index is 0.0685. The van der Waals surface area contributed by atoms with E-state index in [-0.39, 0.29) is 11.7 Å². The van der Waals surface area contributed by atoms with E-state index in [1.807, 2.05) is 14.0 Å². The summed E-state index contributed by atoms with van der Waals surface area (Å²) in [7, 11) is 1.85. The molecule has 1 aromatic rings. The van der Waals surface area contributed by atoms with Gasteiger partial charge in [0.1, 0.15) is 5.78 Å². The molecule has 5 heteroatoms. The molecule has 0 saturated carbocycles. The molecule has 0 N–H and O–H groups in total. The highest BCUT2D eigenvalue weighted by Crippen LogP contribution is 2.24. The zero-order valence-corrected chi connectivity index (χ0v) is 10.3. The molecule has 4 nitrogen and oxygen atoms in total. The summed E-state index contributed by atoms with van der Waals surface area (Å²) in [5.74, 6) is 0.196. The van der Waals surface area contributed by atoms with Gasteiger partial charge in [0.25, 0.3) is 0 Å². The van der Waals surface area contributed by atoms with E-state index in [2.05, 4.69) is 5.10 Å². The van der Waals surface area contributed by atoms with Crippen LogP contribution in [0.2, 0.25) is 5.02 Å². The monoisotopic (exact) mass is 242 g/mol. The molecule has 1 aliphatic rings. The maximum absolute atomic E-state index is 11.7. The number of carbonyl (C=O) groups is 1. The molecule has 88 valence electrons. The van der Waals surface area contributed by atoms with E-state index in [1.54, 1.807) is 4.68 Å². The number of aryl methyl sites for hydroxylation is 2. The number of nitrogens with zero attached hydrogens (tertiary/aromatic N) is 2. The Kier molecular flexibility index (Phi) is 3.30. The summed E-state index contributed by atoms with van der Waals surface area (Å²) in [5.41, 5.74) is 1.73. The lowest BCUT2D eigenvalue weighted by atomic mass is 9.95. The van der Waals surface area contributed by atoms with Crippen LogP contribution in [-0.2, 0) is 23.0 Å². The molecule has 1 atom stereocenters. The second kappa shape index (κ2) is 4.55. The molecule has 0 aromatic carbocycles. The van der Waals surface area contributed by atoms with Crippen LogP contribution in [0.4, 0.5) is 0 Å². The molecule has 0 bridgehead atoms. The molecular formula is C11H15ClN2O2. The molecule has 0 aliphatic carbocycles. The topological polar surface area (TPSA) is 44.1 Å². The van der Waals surface area contributed by atoms with E-state index in [0.717, 1.165) is 11.4 Å². The van der Waals surface area contributed by atoms with Gasteiger partial charge in [-0.2, -0.15) is 5.10 Å². The zero-order valence-electron chi connectivity index (χ0n) is 9.49. The fourth-order valence-electron chi connectivity index (χ4n) is 2.00. The lowest BCUT2D eigenvalue weighted by Gasteiger charge is -2.20. The average molecular weight is 243 g/mol. The van der Waals surface area contributed by atoms with Crippen LogP contribution in [0.1, 0.15) is 17.8 Å². The van der Waals surface area contributed by atoms with Crippen molar-refractivity contribution < 1.29 is 9.53 Å². The van der Waals surface area contributed by atoms with Crippen LogP contribution < -0.4 is 0 Å². The highest BCUT2D eigenvalue weighted by molar-refractivity contribution is 6.31. The van der Waals surface area contributed by atoms with Crippen LogP contribution in [0.15, 0.2) is 0 Å². The third kappa shape index (κ3) is 2.13. The van der Waals surface area contributed by atoms with Crippen molar-refractivity contribution in [1.29, 1.82) is 0 Å². The van der Waals surface area contributed by atoms with Crippen molar-refractivity contribution in [3.8, 4) is 0 Å². The van der Waals surface area contributed by atoms with E-state index < -0.39 is 0 Å². The van der Waals surface area contributed by atoms with E-state index in [4.69, 9.17) is 16.3 Å². The summed E-state index contributed by atoms with van der Waals surface area (Å²) in [5, 5.41) is 4.90. The van der Waals surface area contributed by atoms with Gasteiger partial charge in [-0.3, -0.25) is 9.48 Å². The van der Waals surface area contributed by atoms with Gasteiger partial charge >= 0.3 is 0 Å². The summed E-state index contributed by atoms with van der Waals surface area (Å²) < 4.78 is 7.07. The van der Waals surface area contributed by atoms with Gasteiger partial charge < -0.3 is 4.74 Å². The number of ketones is 1. The summed E-state index contributed by atoms with van der Waals surface area (Å²) in [4.78, 5) is 11.7. The Balaban J connectivity index is 2.16. The summed E-state index contributed by atoms with van der Waals surface area (Å²) in [6, 6.07) is 0. The van der Waals surface area contributed by atoms with Crippen molar-refractivity contribution in [2.24, 2.45) is 13.0 Å². The second-order valence-electron chi connectivity index (χ2n) is 4.16. The Bertz CT molecular complexity index is 414. The fraction of sp³-hybridized carbons (Fsp3) is 0.636. The average Bonchev–Trinajstić information content (AvgIpc) is 2.48. The van der Waals surface area contributed by atoms with E-state index in [0.29, 0.717) is 31.1 Å². The first kappa shape index (κ1) is 11.6. The van der Waals surface area contributed by atoms with Crippen LogP contribution in [0.5, 0.6) is 0 Å². The van der Waals surface area contributed by atoms with Crippen molar-refractivity contribution in [2.45, 2.75) is 19.8 Å². The number of hydrogen-bond donors (Lipinski definition) is 0. The van der Waals surface area contributed by atoms with E-state index in [9.17, 15) is 4.79 Å². The third-order valence-corrected chi connectivity index (χ3v) is 3.46. The van der Waals surface area contributed by atoms with Crippen LogP contribution in [0.25, 0.3) is 0 Å². The van der Waals surface area contributed by atoms with Crippen LogP contribution in [-0.4, -0.2) is 28.8 Å². The van der Waals surface area contributed by atoms with Crippen LogP contribution >= 0.6 is 11.6 Å². The molecule has 1 aliphatic heterocycles. The van der Waals surface area contributed by atoms with Gasteiger partial charge in [-0.05, 0) is 6.92 Å². The Morgan fingerprint density at radius 1 is 1.62 bits per heavy atom. The molecule has 2 heterocycles. The Hall–Kier alpha value is -0.870. The van der Waals surface area contributed by atoms with E-state index in [1.165, 1.54) is 0 Å².